The Labute approximate surface area is 175 Å². The molecule has 0 aliphatic carbocycles. The van der Waals surface area contributed by atoms with Gasteiger partial charge in [-0.15, -0.1) is 0 Å². The summed E-state index contributed by atoms with van der Waals surface area (Å²) in [6.45, 7) is 0. The van der Waals surface area contributed by atoms with Gasteiger partial charge in [0, 0.05) is 24.0 Å². The van der Waals surface area contributed by atoms with Gasteiger partial charge in [0.15, 0.2) is 17.3 Å². The number of benzene rings is 2. The molecule has 9 heteroatoms. The SMILES string of the molecule is COc1cc(-c2nc3ccccn3c2N=Cc2ccc(Cl)c([N+](=O)[O-])c2)ccc1O. The molecule has 0 atom stereocenters. The molecular formula is C21H15ClN4O4. The Bertz CT molecular complexity index is 1300. The molecule has 8 nitrogen and oxygen atoms in total. The number of nitro groups is 1. The van der Waals surface area contributed by atoms with Crippen LogP contribution in [0, 0.1) is 10.1 Å². The predicted molar refractivity (Wildman–Crippen MR) is 114 cm³/mol. The van der Waals surface area contributed by atoms with E-state index in [0.29, 0.717) is 34.0 Å². The minimum Gasteiger partial charge on any atom is -0.504 e. The van der Waals surface area contributed by atoms with Crippen molar-refractivity contribution in [3.8, 4) is 22.8 Å². The number of nitrogens with zero attached hydrogens (tertiary/aromatic N) is 4. The van der Waals surface area contributed by atoms with Gasteiger partial charge in [-0.1, -0.05) is 23.7 Å². The van der Waals surface area contributed by atoms with Crippen molar-refractivity contribution in [2.45, 2.75) is 0 Å². The maximum Gasteiger partial charge on any atom is 0.288 e. The largest absolute Gasteiger partial charge is 0.504 e. The van der Waals surface area contributed by atoms with Crippen molar-refractivity contribution in [2.75, 3.05) is 7.11 Å². The molecule has 2 heterocycles. The third-order valence-electron chi connectivity index (χ3n) is 4.46. The Morgan fingerprint density at radius 2 is 2.07 bits per heavy atom. The fourth-order valence-electron chi connectivity index (χ4n) is 3.01. The van der Waals surface area contributed by atoms with Crippen molar-refractivity contribution in [3.05, 3.63) is 81.5 Å². The highest BCUT2D eigenvalue weighted by Gasteiger charge is 2.16. The van der Waals surface area contributed by atoms with E-state index in [2.05, 4.69) is 9.98 Å². The van der Waals surface area contributed by atoms with Gasteiger partial charge in [0.25, 0.3) is 5.69 Å². The summed E-state index contributed by atoms with van der Waals surface area (Å²) in [6.07, 6.45) is 3.33. The van der Waals surface area contributed by atoms with Crippen LogP contribution in [-0.2, 0) is 0 Å². The molecule has 4 rings (SSSR count). The zero-order chi connectivity index (χ0) is 21.3. The predicted octanol–water partition coefficient (Wildman–Crippen LogP) is 5.03. The summed E-state index contributed by atoms with van der Waals surface area (Å²) in [7, 11) is 1.47. The molecule has 0 unspecified atom stereocenters. The molecule has 1 N–H and O–H groups in total. The van der Waals surface area contributed by atoms with Crippen molar-refractivity contribution >= 4 is 35.0 Å². The lowest BCUT2D eigenvalue weighted by molar-refractivity contribution is -0.384. The molecule has 0 amide bonds. The molecule has 2 aromatic heterocycles. The summed E-state index contributed by atoms with van der Waals surface area (Å²) in [4.78, 5) is 19.8. The highest BCUT2D eigenvalue weighted by molar-refractivity contribution is 6.32. The van der Waals surface area contributed by atoms with E-state index in [4.69, 9.17) is 16.3 Å². The first-order chi connectivity index (χ1) is 14.5. The quantitative estimate of drug-likeness (QED) is 0.276. The summed E-state index contributed by atoms with van der Waals surface area (Å²) in [5, 5.41) is 21.1. The molecule has 2 aromatic carbocycles. The Balaban J connectivity index is 1.85. The Kier molecular flexibility index (Phi) is 5.07. The summed E-state index contributed by atoms with van der Waals surface area (Å²) in [5.41, 5.74) is 2.27. The van der Waals surface area contributed by atoms with Gasteiger partial charge in [0.05, 0.1) is 12.0 Å². The molecule has 0 saturated carbocycles. The van der Waals surface area contributed by atoms with E-state index in [9.17, 15) is 15.2 Å². The van der Waals surface area contributed by atoms with Gasteiger partial charge in [-0.25, -0.2) is 9.98 Å². The number of pyridine rings is 1. The molecule has 4 aromatic rings. The zero-order valence-corrected chi connectivity index (χ0v) is 16.4. The average Bonchev–Trinajstić information content (AvgIpc) is 3.12. The van der Waals surface area contributed by atoms with E-state index < -0.39 is 4.92 Å². The van der Waals surface area contributed by atoms with Crippen LogP contribution in [0.3, 0.4) is 0 Å². The van der Waals surface area contributed by atoms with Crippen LogP contribution in [-0.4, -0.2) is 32.7 Å². The first-order valence-electron chi connectivity index (χ1n) is 8.80. The number of aromatic hydroxyl groups is 1. The fourth-order valence-corrected chi connectivity index (χ4v) is 3.20. The number of nitro benzene ring substituents is 1. The zero-order valence-electron chi connectivity index (χ0n) is 15.7. The number of methoxy groups -OCH3 is 1. The van der Waals surface area contributed by atoms with Crippen molar-refractivity contribution in [2.24, 2.45) is 4.99 Å². The fraction of sp³-hybridized carbons (Fsp3) is 0.0476. The standard InChI is InChI=1S/C21H15ClN4O4/c1-30-18-11-14(6-8-17(18)27)20-21(25-9-3-2-4-19(25)24-20)23-12-13-5-7-15(22)16(10-13)26(28)29/h2-12,27H,1H3. The normalized spacial score (nSPS) is 11.3. The van der Waals surface area contributed by atoms with Crippen molar-refractivity contribution in [1.82, 2.24) is 9.38 Å². The van der Waals surface area contributed by atoms with Gasteiger partial charge in [0.2, 0.25) is 0 Å². The number of hydrogen-bond acceptors (Lipinski definition) is 6. The molecule has 0 radical (unpaired) electrons. The van der Waals surface area contributed by atoms with Gasteiger partial charge in [-0.05, 0) is 42.0 Å². The highest BCUT2D eigenvalue weighted by atomic mass is 35.5. The summed E-state index contributed by atoms with van der Waals surface area (Å²) >= 11 is 5.88. The minimum absolute atomic E-state index is 0.0172. The number of ether oxygens (including phenoxy) is 1. The molecule has 0 aliphatic heterocycles. The van der Waals surface area contributed by atoms with Crippen LogP contribution in [0.2, 0.25) is 5.02 Å². The lowest BCUT2D eigenvalue weighted by atomic mass is 10.1. The Morgan fingerprint density at radius 1 is 1.23 bits per heavy atom. The van der Waals surface area contributed by atoms with Crippen LogP contribution < -0.4 is 4.74 Å². The molecule has 30 heavy (non-hydrogen) atoms. The summed E-state index contributed by atoms with van der Waals surface area (Å²) in [6, 6.07) is 14.9. The number of hydrogen-bond donors (Lipinski definition) is 1. The Morgan fingerprint density at radius 3 is 2.83 bits per heavy atom. The van der Waals surface area contributed by atoms with Gasteiger partial charge in [-0.2, -0.15) is 0 Å². The van der Waals surface area contributed by atoms with E-state index in [1.165, 1.54) is 31.5 Å². The molecule has 150 valence electrons. The van der Waals surface area contributed by atoms with Crippen LogP contribution in [0.15, 0.2) is 65.8 Å². The number of phenolic OH excluding ortho intramolecular Hbond substituents is 1. The summed E-state index contributed by atoms with van der Waals surface area (Å²) in [5.74, 6) is 0.854. The smallest absolute Gasteiger partial charge is 0.288 e. The van der Waals surface area contributed by atoms with Gasteiger partial charge in [-0.3, -0.25) is 14.5 Å². The number of phenols is 1. The number of aromatic nitrogens is 2. The Hall–Kier alpha value is -3.91. The van der Waals surface area contributed by atoms with E-state index in [-0.39, 0.29) is 16.5 Å². The molecule has 0 bridgehead atoms. The van der Waals surface area contributed by atoms with Crippen LogP contribution >= 0.6 is 11.6 Å². The lowest BCUT2D eigenvalue weighted by Gasteiger charge is -2.06. The molecule has 0 aliphatic rings. The van der Waals surface area contributed by atoms with Gasteiger partial charge in [0.1, 0.15) is 16.4 Å². The second kappa shape index (κ2) is 7.84. The van der Waals surface area contributed by atoms with Crippen molar-refractivity contribution in [1.29, 1.82) is 0 Å². The molecule has 0 spiro atoms. The molecular weight excluding hydrogens is 408 g/mol. The highest BCUT2D eigenvalue weighted by Crippen LogP contribution is 2.36. The number of halogens is 1. The van der Waals surface area contributed by atoms with Crippen molar-refractivity contribution < 1.29 is 14.8 Å². The first kappa shape index (κ1) is 19.4. The van der Waals surface area contributed by atoms with Gasteiger partial charge < -0.3 is 9.84 Å². The van der Waals surface area contributed by atoms with Gasteiger partial charge >= 0.3 is 0 Å². The molecule has 0 fully saturated rings. The van der Waals surface area contributed by atoms with Crippen LogP contribution in [0.1, 0.15) is 5.56 Å². The van der Waals surface area contributed by atoms with E-state index >= 15 is 0 Å². The second-order valence-corrected chi connectivity index (χ2v) is 6.73. The van der Waals surface area contributed by atoms with E-state index in [0.717, 1.165) is 0 Å². The van der Waals surface area contributed by atoms with E-state index in [1.807, 2.05) is 24.4 Å². The van der Waals surface area contributed by atoms with Crippen LogP contribution in [0.4, 0.5) is 11.5 Å². The third-order valence-corrected chi connectivity index (χ3v) is 4.78. The maximum atomic E-state index is 11.1. The monoisotopic (exact) mass is 422 g/mol. The third kappa shape index (κ3) is 3.56. The minimum atomic E-state index is -0.540. The maximum absolute atomic E-state index is 11.1. The average molecular weight is 423 g/mol. The second-order valence-electron chi connectivity index (χ2n) is 6.33. The lowest BCUT2D eigenvalue weighted by Crippen LogP contribution is -1.91. The number of aliphatic imine (C=N–C) groups is 1. The number of rotatable bonds is 5. The number of fused-ring (bicyclic) bond motifs is 1. The van der Waals surface area contributed by atoms with Crippen LogP contribution in [0.5, 0.6) is 11.5 Å². The number of imidazole rings is 1. The topological polar surface area (TPSA) is 102 Å². The van der Waals surface area contributed by atoms with Crippen molar-refractivity contribution in [3.63, 3.8) is 0 Å². The van der Waals surface area contributed by atoms with E-state index in [1.54, 1.807) is 22.6 Å². The molecule has 0 saturated heterocycles. The van der Waals surface area contributed by atoms with Crippen LogP contribution in [0.25, 0.3) is 16.9 Å². The first-order valence-corrected chi connectivity index (χ1v) is 9.18. The summed E-state index contributed by atoms with van der Waals surface area (Å²) < 4.78 is 7.00.